The van der Waals surface area contributed by atoms with E-state index in [2.05, 4.69) is 80.4 Å². The smallest absolute Gasteiger partial charge is 0.306 e. The molecule has 0 rings (SSSR count). The molecule has 0 aliphatic rings. The highest BCUT2D eigenvalue weighted by Crippen LogP contribution is 2.37. The predicted octanol–water partition coefficient (Wildman–Crippen LogP) is 5.51. The van der Waals surface area contributed by atoms with Gasteiger partial charge in [0.1, 0.15) is 0 Å². The second-order valence-corrected chi connectivity index (χ2v) is 28.5. The Morgan fingerprint density at radius 1 is 0.618 bits per heavy atom. The highest BCUT2D eigenvalue weighted by molar-refractivity contribution is 6.79. The fourth-order valence-corrected chi connectivity index (χ4v) is 5.28. The normalized spacial score (nSPS) is 14.1. The molecule has 1 amide bonds. The van der Waals surface area contributed by atoms with Crippen LogP contribution in [0.5, 0.6) is 0 Å². The van der Waals surface area contributed by atoms with E-state index in [0.29, 0.717) is 0 Å². The molecule has 34 heavy (non-hydrogen) atoms. The fourth-order valence-electron chi connectivity index (χ4n) is 2.25. The minimum atomic E-state index is -2.32. The average Bonchev–Trinajstić information content (AvgIpc) is 2.48. The molecule has 0 aliphatic heterocycles. The van der Waals surface area contributed by atoms with Gasteiger partial charge in [0.05, 0.1) is 19.6 Å². The lowest BCUT2D eigenvalue weighted by atomic mass is 10.2. The van der Waals surface area contributed by atoms with Crippen LogP contribution in [-0.2, 0) is 23.2 Å². The number of carbonyl (C=O) groups is 3. The first-order chi connectivity index (χ1) is 14.7. The summed E-state index contributed by atoms with van der Waals surface area (Å²) in [5.41, 5.74) is 0. The number of hydrogen-bond acceptors (Lipinski definition) is 6. The molecule has 0 radical (unpaired) electrons. The first kappa shape index (κ1) is 33.0. The van der Waals surface area contributed by atoms with Gasteiger partial charge in [-0.1, -0.05) is 75.4 Å². The maximum Gasteiger partial charge on any atom is 0.306 e. The lowest BCUT2D eigenvalue weighted by molar-refractivity contribution is -0.140. The van der Waals surface area contributed by atoms with Crippen molar-refractivity contribution in [3.05, 3.63) is 0 Å². The van der Waals surface area contributed by atoms with Crippen LogP contribution in [0.2, 0.25) is 54.4 Å². The Morgan fingerprint density at radius 2 is 0.941 bits per heavy atom. The van der Waals surface area contributed by atoms with Crippen LogP contribution in [0.4, 0.5) is 0 Å². The van der Waals surface area contributed by atoms with Gasteiger partial charge in [0.2, 0.25) is 5.91 Å². The Kier molecular flexibility index (Phi) is 10.6. The largest absolute Gasteiger partial charge is 0.518 e. The standard InChI is InChI=1S/C24H52N2O5Si3/c1-22(2,3)32(10,11)25-19(27)16-26(17-20(28)30-33(12,13)23(4,5)6)18-21(29)31-34(14,15)24(7,8)9/h16-18H2,1-15H3,(H,25,27). The van der Waals surface area contributed by atoms with Crippen molar-refractivity contribution in [3.8, 4) is 0 Å². The van der Waals surface area contributed by atoms with Gasteiger partial charge in [-0.25, -0.2) is 0 Å². The molecular weight excluding hydrogens is 481 g/mol. The Hall–Kier alpha value is -0.979. The van der Waals surface area contributed by atoms with Gasteiger partial charge in [-0.05, 0) is 41.3 Å². The van der Waals surface area contributed by atoms with Crippen LogP contribution in [0.15, 0.2) is 0 Å². The summed E-state index contributed by atoms with van der Waals surface area (Å²) in [7, 11) is -6.73. The Labute approximate surface area is 212 Å². The van der Waals surface area contributed by atoms with Gasteiger partial charge in [-0.3, -0.25) is 19.3 Å². The van der Waals surface area contributed by atoms with Gasteiger partial charge in [0.15, 0.2) is 8.24 Å². The van der Waals surface area contributed by atoms with E-state index in [1.54, 1.807) is 4.90 Å². The summed E-state index contributed by atoms with van der Waals surface area (Å²) in [6.45, 7) is 30.6. The van der Waals surface area contributed by atoms with E-state index < -0.39 is 36.8 Å². The van der Waals surface area contributed by atoms with Crippen LogP contribution in [0.25, 0.3) is 0 Å². The number of hydrogen-bond donors (Lipinski definition) is 1. The molecule has 0 fully saturated rings. The predicted molar refractivity (Wildman–Crippen MR) is 148 cm³/mol. The molecule has 200 valence electrons. The quantitative estimate of drug-likeness (QED) is 0.394. The summed E-state index contributed by atoms with van der Waals surface area (Å²) in [5.74, 6) is -1.01. The molecule has 0 atom stereocenters. The summed E-state index contributed by atoms with van der Waals surface area (Å²) in [4.78, 5) is 43.4. The SMILES string of the molecule is CC(C)(C)[Si](C)(C)NC(=O)CN(CC(=O)O[Si](C)(C)C(C)(C)C)CC(=O)O[Si](C)(C)C(C)(C)C. The van der Waals surface area contributed by atoms with Crippen LogP contribution in [0.3, 0.4) is 0 Å². The maximum absolute atomic E-state index is 13.0. The van der Waals surface area contributed by atoms with E-state index in [4.69, 9.17) is 8.85 Å². The van der Waals surface area contributed by atoms with Crippen molar-refractivity contribution in [2.75, 3.05) is 19.6 Å². The van der Waals surface area contributed by atoms with Gasteiger partial charge in [-0.15, -0.1) is 0 Å². The van der Waals surface area contributed by atoms with E-state index in [1.807, 2.05) is 26.2 Å². The molecule has 0 heterocycles. The molecule has 0 unspecified atom stereocenters. The topological polar surface area (TPSA) is 84.9 Å². The summed E-state index contributed by atoms with van der Waals surface area (Å²) in [5, 5.41) is -0.293. The van der Waals surface area contributed by atoms with Crippen LogP contribution in [-0.4, -0.2) is 67.3 Å². The zero-order valence-electron chi connectivity index (χ0n) is 24.6. The van der Waals surface area contributed by atoms with Gasteiger partial charge < -0.3 is 13.8 Å². The second-order valence-electron chi connectivity index (χ2n) is 14.0. The first-order valence-electron chi connectivity index (χ1n) is 12.2. The number of rotatable bonds is 9. The zero-order chi connectivity index (χ0) is 27.6. The van der Waals surface area contributed by atoms with Crippen LogP contribution in [0.1, 0.15) is 62.3 Å². The third-order valence-corrected chi connectivity index (χ3v) is 21.1. The van der Waals surface area contributed by atoms with Crippen molar-refractivity contribution in [1.82, 2.24) is 9.88 Å². The molecule has 0 saturated carbocycles. The third-order valence-electron chi connectivity index (χ3n) is 7.75. The highest BCUT2D eigenvalue weighted by Gasteiger charge is 2.42. The molecule has 0 aromatic carbocycles. The van der Waals surface area contributed by atoms with E-state index in [0.717, 1.165) is 0 Å². The van der Waals surface area contributed by atoms with Crippen molar-refractivity contribution >= 4 is 42.7 Å². The Bertz CT molecular complexity index is 645. The van der Waals surface area contributed by atoms with Crippen LogP contribution >= 0.6 is 0 Å². The van der Waals surface area contributed by atoms with E-state index >= 15 is 0 Å². The summed E-state index contributed by atoms with van der Waals surface area (Å²) in [6.07, 6.45) is 0. The van der Waals surface area contributed by atoms with Crippen molar-refractivity contribution in [1.29, 1.82) is 0 Å². The minimum Gasteiger partial charge on any atom is -0.518 e. The van der Waals surface area contributed by atoms with Crippen molar-refractivity contribution in [2.24, 2.45) is 0 Å². The van der Waals surface area contributed by atoms with E-state index in [9.17, 15) is 14.4 Å². The number of carbonyl (C=O) groups excluding carboxylic acids is 3. The maximum atomic E-state index is 13.0. The van der Waals surface area contributed by atoms with Crippen LogP contribution in [0, 0.1) is 0 Å². The van der Waals surface area contributed by atoms with Gasteiger partial charge in [0.25, 0.3) is 16.6 Å². The lowest BCUT2D eigenvalue weighted by Gasteiger charge is -2.38. The molecule has 1 N–H and O–H groups in total. The average molecular weight is 533 g/mol. The second kappa shape index (κ2) is 11.0. The molecule has 0 bridgehead atoms. The monoisotopic (exact) mass is 532 g/mol. The number of amides is 1. The molecule has 0 spiro atoms. The summed E-state index contributed by atoms with van der Waals surface area (Å²) >= 11 is 0. The molecular formula is C24H52N2O5Si3. The van der Waals surface area contributed by atoms with Crippen LogP contribution < -0.4 is 4.98 Å². The lowest BCUT2D eigenvalue weighted by Crippen LogP contribution is -2.57. The number of nitrogens with zero attached hydrogens (tertiary/aromatic N) is 1. The van der Waals surface area contributed by atoms with E-state index in [1.165, 1.54) is 0 Å². The highest BCUT2D eigenvalue weighted by atomic mass is 28.4. The van der Waals surface area contributed by atoms with Crippen molar-refractivity contribution < 1.29 is 23.2 Å². The van der Waals surface area contributed by atoms with Gasteiger partial charge in [0, 0.05) is 0 Å². The van der Waals surface area contributed by atoms with Gasteiger partial charge in [-0.2, -0.15) is 0 Å². The minimum absolute atomic E-state index is 0.0317. The molecule has 10 heteroatoms. The van der Waals surface area contributed by atoms with Gasteiger partial charge >= 0.3 is 11.9 Å². The molecule has 0 saturated heterocycles. The first-order valence-corrected chi connectivity index (χ1v) is 21.0. The molecule has 0 aromatic rings. The van der Waals surface area contributed by atoms with Crippen molar-refractivity contribution in [2.45, 2.75) is 117 Å². The Morgan fingerprint density at radius 3 is 1.21 bits per heavy atom. The zero-order valence-corrected chi connectivity index (χ0v) is 27.6. The molecule has 0 aromatic heterocycles. The summed E-state index contributed by atoms with van der Waals surface area (Å²) in [6, 6.07) is 0. The molecule has 7 nitrogen and oxygen atoms in total. The van der Waals surface area contributed by atoms with Crippen molar-refractivity contribution in [3.63, 3.8) is 0 Å². The summed E-state index contributed by atoms with van der Waals surface area (Å²) < 4.78 is 11.8. The van der Waals surface area contributed by atoms with E-state index in [-0.39, 0.29) is 40.7 Å². The third kappa shape index (κ3) is 9.94. The Balaban J connectivity index is 5.62. The molecule has 0 aliphatic carbocycles. The number of nitrogens with one attached hydrogen (secondary N) is 1. The fraction of sp³-hybridized carbons (Fsp3) is 0.875.